The summed E-state index contributed by atoms with van der Waals surface area (Å²) < 4.78 is 6.10. The number of aromatic nitrogens is 1. The van der Waals surface area contributed by atoms with Gasteiger partial charge in [0.25, 0.3) is 0 Å². The molecule has 7 nitrogen and oxygen atoms in total. The molecule has 1 heterocycles. The quantitative estimate of drug-likeness (QED) is 0.624. The number of hydrogen-bond donors (Lipinski definition) is 3. The van der Waals surface area contributed by atoms with Crippen molar-refractivity contribution in [2.75, 3.05) is 6.54 Å². The van der Waals surface area contributed by atoms with Crippen LogP contribution < -0.4 is 15.8 Å². The Balaban J connectivity index is 2.64. The first-order chi connectivity index (χ1) is 12.2. The van der Waals surface area contributed by atoms with Crippen molar-refractivity contribution in [2.24, 2.45) is 11.1 Å². The summed E-state index contributed by atoms with van der Waals surface area (Å²) in [5.74, 6) is -1.50. The number of pyridine rings is 1. The molecule has 0 saturated carbocycles. The van der Waals surface area contributed by atoms with Gasteiger partial charge in [-0.3, -0.25) is 15.1 Å². The molecule has 0 spiro atoms. The molecule has 1 atom stereocenters. The fourth-order valence-electron chi connectivity index (χ4n) is 2.64. The van der Waals surface area contributed by atoms with Crippen LogP contribution in [0, 0.1) is 12.3 Å². The van der Waals surface area contributed by atoms with Gasteiger partial charge in [-0.1, -0.05) is 19.1 Å². The summed E-state index contributed by atoms with van der Waals surface area (Å²) in [7, 11) is 0. The van der Waals surface area contributed by atoms with Crippen LogP contribution in [0.15, 0.2) is 24.3 Å². The van der Waals surface area contributed by atoms with Gasteiger partial charge in [0.05, 0.1) is 16.6 Å². The van der Waals surface area contributed by atoms with E-state index in [9.17, 15) is 14.7 Å². The van der Waals surface area contributed by atoms with E-state index in [1.54, 1.807) is 39.0 Å². The van der Waals surface area contributed by atoms with Gasteiger partial charge in [0, 0.05) is 5.39 Å². The van der Waals surface area contributed by atoms with E-state index in [1.165, 1.54) is 0 Å². The highest BCUT2D eigenvalue weighted by Gasteiger charge is 2.38. The van der Waals surface area contributed by atoms with Gasteiger partial charge >= 0.3 is 5.97 Å². The molecule has 1 unspecified atom stereocenters. The summed E-state index contributed by atoms with van der Waals surface area (Å²) in [6.45, 7) is 7.52. The van der Waals surface area contributed by atoms with Crippen molar-refractivity contribution in [2.45, 2.75) is 40.3 Å². The molecular weight excluding hydrogens is 334 g/mol. The summed E-state index contributed by atoms with van der Waals surface area (Å²) in [5, 5.41) is 13.4. The van der Waals surface area contributed by atoms with E-state index in [0.717, 1.165) is 6.42 Å². The summed E-state index contributed by atoms with van der Waals surface area (Å²) >= 11 is 0. The number of nitrogens with zero attached hydrogens (tertiary/aromatic N) is 1. The number of fused-ring (bicyclic) bond motifs is 1. The number of para-hydroxylation sites is 1. The fourth-order valence-corrected chi connectivity index (χ4v) is 2.64. The molecule has 0 bridgehead atoms. The number of carbonyl (C=O) groups excluding carboxylic acids is 1. The van der Waals surface area contributed by atoms with Gasteiger partial charge in [-0.15, -0.1) is 0 Å². The van der Waals surface area contributed by atoms with E-state index in [0.29, 0.717) is 23.1 Å². The van der Waals surface area contributed by atoms with Crippen LogP contribution >= 0.6 is 0 Å². The molecule has 0 saturated heterocycles. The number of hydrogen-bond acceptors (Lipinski definition) is 5. The van der Waals surface area contributed by atoms with Crippen molar-refractivity contribution in [1.82, 2.24) is 10.3 Å². The van der Waals surface area contributed by atoms with E-state index in [-0.39, 0.29) is 11.3 Å². The Morgan fingerprint density at radius 1 is 1.35 bits per heavy atom. The number of ether oxygens (including phenoxy) is 1. The summed E-state index contributed by atoms with van der Waals surface area (Å²) in [5.41, 5.74) is 5.44. The highest BCUT2D eigenvalue weighted by molar-refractivity contribution is 6.00. The van der Waals surface area contributed by atoms with Gasteiger partial charge in [0.2, 0.25) is 5.91 Å². The predicted octanol–water partition coefficient (Wildman–Crippen LogP) is 2.46. The molecule has 140 valence electrons. The number of benzene rings is 1. The van der Waals surface area contributed by atoms with Crippen molar-refractivity contribution in [3.8, 4) is 5.75 Å². The average Bonchev–Trinajstić information content (AvgIpc) is 2.57. The van der Waals surface area contributed by atoms with Gasteiger partial charge < -0.3 is 15.6 Å². The first-order valence-electron chi connectivity index (χ1n) is 8.52. The van der Waals surface area contributed by atoms with Crippen molar-refractivity contribution in [1.29, 1.82) is 0 Å². The van der Waals surface area contributed by atoms with Crippen LogP contribution in [0.3, 0.4) is 0 Å². The van der Waals surface area contributed by atoms with Crippen molar-refractivity contribution < 1.29 is 19.4 Å². The Morgan fingerprint density at radius 2 is 2.00 bits per heavy atom. The zero-order chi connectivity index (χ0) is 19.5. The Morgan fingerprint density at radius 3 is 2.58 bits per heavy atom. The lowest BCUT2D eigenvalue weighted by Crippen LogP contribution is -2.53. The Labute approximate surface area is 152 Å². The molecule has 0 aliphatic rings. The minimum atomic E-state index is -1.14. The molecule has 0 radical (unpaired) electrons. The van der Waals surface area contributed by atoms with Gasteiger partial charge in [0.1, 0.15) is 11.3 Å². The molecule has 7 heteroatoms. The Hall–Kier alpha value is -2.67. The third-order valence-electron chi connectivity index (χ3n) is 4.35. The highest BCUT2D eigenvalue weighted by Crippen LogP contribution is 2.34. The molecule has 0 aliphatic carbocycles. The molecular formula is C19H25N3O4. The highest BCUT2D eigenvalue weighted by atomic mass is 16.5. The van der Waals surface area contributed by atoms with E-state index in [1.807, 2.05) is 13.0 Å². The number of nitrogens with one attached hydrogen (secondary N) is 1. The summed E-state index contributed by atoms with van der Waals surface area (Å²) in [6.07, 6.45) is 0.0274. The summed E-state index contributed by atoms with van der Waals surface area (Å²) in [4.78, 5) is 28.1. The molecule has 0 aliphatic heterocycles. The molecule has 2 aromatic rings. The average molecular weight is 359 g/mol. The third kappa shape index (κ3) is 3.77. The molecule has 1 amide bonds. The van der Waals surface area contributed by atoms with Gasteiger partial charge in [0.15, 0.2) is 6.23 Å². The molecule has 0 fully saturated rings. The lowest BCUT2D eigenvalue weighted by molar-refractivity contribution is -0.131. The molecule has 26 heavy (non-hydrogen) atoms. The summed E-state index contributed by atoms with van der Waals surface area (Å²) in [6, 6.07) is 7.14. The largest absolute Gasteiger partial charge is 0.477 e. The first-order valence-corrected chi connectivity index (χ1v) is 8.52. The molecule has 4 N–H and O–H groups in total. The smallest absolute Gasteiger partial charge is 0.341 e. The van der Waals surface area contributed by atoms with Gasteiger partial charge in [-0.2, -0.15) is 0 Å². The number of aromatic carboxylic acids is 1. The number of nitrogens with two attached hydrogens (primary N) is 1. The number of primary amides is 1. The van der Waals surface area contributed by atoms with E-state index in [2.05, 4.69) is 10.3 Å². The van der Waals surface area contributed by atoms with Gasteiger partial charge in [-0.05, 0) is 45.9 Å². The standard InChI is InChI=1S/C19H25N3O4/c1-5-10-21-18(19(3,4)17(20)25)26-15-12-8-6-7-9-13(12)22-11(2)14(15)16(23)24/h6-9,18,21H,5,10H2,1-4H3,(H2,20,25)(H,23,24). The minimum absolute atomic E-state index is 0.0210. The van der Waals surface area contributed by atoms with Crippen LogP contribution in [0.4, 0.5) is 0 Å². The third-order valence-corrected chi connectivity index (χ3v) is 4.35. The van der Waals surface area contributed by atoms with Crippen molar-refractivity contribution >= 4 is 22.8 Å². The maximum Gasteiger partial charge on any atom is 0.341 e. The number of carboxylic acid groups (broad SMARTS) is 1. The second-order valence-electron chi connectivity index (χ2n) is 6.76. The second kappa shape index (κ2) is 7.70. The van der Waals surface area contributed by atoms with Crippen LogP contribution in [0.5, 0.6) is 5.75 Å². The number of carboxylic acids is 1. The molecule has 2 rings (SSSR count). The Bertz CT molecular complexity index is 833. The molecule has 1 aromatic heterocycles. The number of rotatable bonds is 8. The zero-order valence-electron chi connectivity index (χ0n) is 15.5. The maximum absolute atomic E-state index is 11.9. The van der Waals surface area contributed by atoms with Gasteiger partial charge in [-0.25, -0.2) is 4.79 Å². The number of amides is 1. The normalized spacial score (nSPS) is 12.8. The van der Waals surface area contributed by atoms with Crippen molar-refractivity contribution in [3.05, 3.63) is 35.5 Å². The first kappa shape index (κ1) is 19.7. The lowest BCUT2D eigenvalue weighted by atomic mass is 9.90. The Kier molecular flexibility index (Phi) is 5.82. The number of aryl methyl sites for hydroxylation is 1. The lowest BCUT2D eigenvalue weighted by Gasteiger charge is -2.33. The van der Waals surface area contributed by atoms with Crippen LogP contribution in [0.2, 0.25) is 0 Å². The van der Waals surface area contributed by atoms with E-state index >= 15 is 0 Å². The fraction of sp³-hybridized carbons (Fsp3) is 0.421. The van der Waals surface area contributed by atoms with Crippen LogP contribution in [-0.4, -0.2) is 34.7 Å². The van der Waals surface area contributed by atoms with Crippen LogP contribution in [-0.2, 0) is 4.79 Å². The monoisotopic (exact) mass is 359 g/mol. The minimum Gasteiger partial charge on any atom is -0.477 e. The molecule has 1 aromatic carbocycles. The number of carbonyl (C=O) groups is 2. The maximum atomic E-state index is 11.9. The van der Waals surface area contributed by atoms with E-state index < -0.39 is 23.5 Å². The predicted molar refractivity (Wildman–Crippen MR) is 99.1 cm³/mol. The van der Waals surface area contributed by atoms with Crippen LogP contribution in [0.1, 0.15) is 43.2 Å². The SMILES string of the molecule is CCCNC(Oc1c(C(=O)O)c(C)nc2ccccc12)C(C)(C)C(N)=O. The second-order valence-corrected chi connectivity index (χ2v) is 6.76. The topological polar surface area (TPSA) is 115 Å². The van der Waals surface area contributed by atoms with E-state index in [4.69, 9.17) is 10.5 Å². The van der Waals surface area contributed by atoms with Crippen molar-refractivity contribution in [3.63, 3.8) is 0 Å². The van der Waals surface area contributed by atoms with Crippen LogP contribution in [0.25, 0.3) is 10.9 Å². The zero-order valence-corrected chi connectivity index (χ0v) is 15.5.